The van der Waals surface area contributed by atoms with Crippen LogP contribution in [0.1, 0.15) is 41.5 Å². The number of anilines is 1. The van der Waals surface area contributed by atoms with E-state index in [0.717, 1.165) is 42.7 Å². The molecule has 1 saturated heterocycles. The van der Waals surface area contributed by atoms with Crippen LogP contribution in [-0.2, 0) is 6.54 Å². The zero-order valence-electron chi connectivity index (χ0n) is 14.2. The Kier molecular flexibility index (Phi) is 4.86. The Labute approximate surface area is 138 Å². The molecule has 1 atom stereocenters. The van der Waals surface area contributed by atoms with Crippen LogP contribution in [0.4, 0.5) is 5.82 Å². The third kappa shape index (κ3) is 3.85. The summed E-state index contributed by atoms with van der Waals surface area (Å²) in [4.78, 5) is 15.9. The highest BCUT2D eigenvalue weighted by molar-refractivity contribution is 5.41. The van der Waals surface area contributed by atoms with Crippen molar-refractivity contribution in [3.63, 3.8) is 0 Å². The van der Waals surface area contributed by atoms with E-state index >= 15 is 0 Å². The molecule has 23 heavy (non-hydrogen) atoms. The fourth-order valence-electron chi connectivity index (χ4n) is 3.07. The van der Waals surface area contributed by atoms with E-state index in [9.17, 15) is 0 Å². The number of aryl methyl sites for hydroxylation is 2. The molecule has 0 aliphatic carbocycles. The second kappa shape index (κ2) is 7.04. The van der Waals surface area contributed by atoms with Gasteiger partial charge in [-0.2, -0.15) is 0 Å². The van der Waals surface area contributed by atoms with Crippen LogP contribution in [0.15, 0.2) is 24.4 Å². The van der Waals surface area contributed by atoms with Gasteiger partial charge in [-0.1, -0.05) is 6.07 Å². The standard InChI is InChI=1S/C18H25N5/c1-13-6-4-9-20-17(13)12-23(3)18-10-16(21-14(2)22-18)15-7-5-8-19-11-15/h4,6,9-10,15,19H,5,7-8,11-12H2,1-3H3/t15-/m1/s1. The second-order valence-corrected chi connectivity index (χ2v) is 6.36. The molecule has 3 heterocycles. The number of hydrogen-bond acceptors (Lipinski definition) is 5. The van der Waals surface area contributed by atoms with E-state index in [4.69, 9.17) is 0 Å². The smallest absolute Gasteiger partial charge is 0.132 e. The van der Waals surface area contributed by atoms with Crippen molar-refractivity contribution in [2.45, 2.75) is 39.2 Å². The Hall–Kier alpha value is -2.01. The molecule has 2 aromatic heterocycles. The Morgan fingerprint density at radius 3 is 2.91 bits per heavy atom. The Bertz CT molecular complexity index is 664. The first-order valence-corrected chi connectivity index (χ1v) is 8.31. The van der Waals surface area contributed by atoms with Gasteiger partial charge in [-0.25, -0.2) is 9.97 Å². The Morgan fingerprint density at radius 1 is 1.30 bits per heavy atom. The number of nitrogens with one attached hydrogen (secondary N) is 1. The van der Waals surface area contributed by atoms with E-state index in [1.54, 1.807) is 0 Å². The molecule has 1 fully saturated rings. The zero-order chi connectivity index (χ0) is 16.2. The fraction of sp³-hybridized carbons (Fsp3) is 0.500. The molecule has 3 rings (SSSR count). The minimum absolute atomic E-state index is 0.495. The van der Waals surface area contributed by atoms with Gasteiger partial charge >= 0.3 is 0 Å². The summed E-state index contributed by atoms with van der Waals surface area (Å²) in [6, 6.07) is 6.21. The monoisotopic (exact) mass is 311 g/mol. The molecule has 0 aromatic carbocycles. The molecule has 0 spiro atoms. The third-order valence-corrected chi connectivity index (χ3v) is 4.46. The summed E-state index contributed by atoms with van der Waals surface area (Å²) >= 11 is 0. The van der Waals surface area contributed by atoms with Crippen LogP contribution in [0.2, 0.25) is 0 Å². The summed E-state index contributed by atoms with van der Waals surface area (Å²) in [6.45, 7) is 6.96. The first-order valence-electron chi connectivity index (χ1n) is 8.31. The van der Waals surface area contributed by atoms with Crippen LogP contribution in [0.3, 0.4) is 0 Å². The number of pyridine rings is 1. The van der Waals surface area contributed by atoms with Crippen LogP contribution in [0.5, 0.6) is 0 Å². The first kappa shape index (κ1) is 15.9. The maximum atomic E-state index is 4.67. The largest absolute Gasteiger partial charge is 0.354 e. The summed E-state index contributed by atoms with van der Waals surface area (Å²) in [5.74, 6) is 2.31. The first-order chi connectivity index (χ1) is 11.1. The molecule has 0 unspecified atom stereocenters. The molecule has 1 aliphatic heterocycles. The highest BCUT2D eigenvalue weighted by Gasteiger charge is 2.18. The van der Waals surface area contributed by atoms with Gasteiger partial charge in [-0.3, -0.25) is 4.98 Å². The van der Waals surface area contributed by atoms with Crippen molar-refractivity contribution in [2.24, 2.45) is 0 Å². The van der Waals surface area contributed by atoms with Crippen LogP contribution in [0, 0.1) is 13.8 Å². The molecular formula is C18H25N5. The number of nitrogens with zero attached hydrogens (tertiary/aromatic N) is 4. The lowest BCUT2D eigenvalue weighted by Crippen LogP contribution is -2.29. The molecule has 1 aliphatic rings. The van der Waals surface area contributed by atoms with Crippen molar-refractivity contribution in [3.05, 3.63) is 47.2 Å². The lowest BCUT2D eigenvalue weighted by Gasteiger charge is -2.24. The maximum Gasteiger partial charge on any atom is 0.132 e. The second-order valence-electron chi connectivity index (χ2n) is 6.36. The van der Waals surface area contributed by atoms with Gasteiger partial charge in [-0.05, 0) is 44.9 Å². The summed E-state index contributed by atoms with van der Waals surface area (Å²) in [6.07, 6.45) is 4.26. The van der Waals surface area contributed by atoms with Gasteiger partial charge in [0.15, 0.2) is 0 Å². The quantitative estimate of drug-likeness (QED) is 0.940. The molecule has 2 aromatic rings. The summed E-state index contributed by atoms with van der Waals surface area (Å²) in [7, 11) is 2.07. The van der Waals surface area contributed by atoms with E-state index in [-0.39, 0.29) is 0 Å². The molecule has 122 valence electrons. The van der Waals surface area contributed by atoms with Crippen molar-refractivity contribution >= 4 is 5.82 Å². The number of hydrogen-bond donors (Lipinski definition) is 1. The predicted octanol–water partition coefficient (Wildman–Crippen LogP) is 2.59. The molecule has 1 N–H and O–H groups in total. The van der Waals surface area contributed by atoms with Crippen molar-refractivity contribution in [2.75, 3.05) is 25.0 Å². The van der Waals surface area contributed by atoms with E-state index < -0.39 is 0 Å². The maximum absolute atomic E-state index is 4.67. The van der Waals surface area contributed by atoms with E-state index in [1.165, 1.54) is 18.4 Å². The van der Waals surface area contributed by atoms with Gasteiger partial charge in [0.25, 0.3) is 0 Å². The minimum atomic E-state index is 0.495. The van der Waals surface area contributed by atoms with Crippen molar-refractivity contribution in [1.29, 1.82) is 0 Å². The molecule has 0 radical (unpaired) electrons. The van der Waals surface area contributed by atoms with E-state index in [1.807, 2.05) is 19.2 Å². The van der Waals surface area contributed by atoms with Crippen LogP contribution < -0.4 is 10.2 Å². The van der Waals surface area contributed by atoms with Crippen molar-refractivity contribution < 1.29 is 0 Å². The SMILES string of the molecule is Cc1nc([C@@H]2CCCNC2)cc(N(C)Cc2ncccc2C)n1. The highest BCUT2D eigenvalue weighted by atomic mass is 15.2. The van der Waals surface area contributed by atoms with Gasteiger partial charge in [0.1, 0.15) is 11.6 Å². The highest BCUT2D eigenvalue weighted by Crippen LogP contribution is 2.24. The average Bonchev–Trinajstić information content (AvgIpc) is 2.57. The van der Waals surface area contributed by atoms with Gasteiger partial charge in [0.05, 0.1) is 17.9 Å². The normalized spacial score (nSPS) is 18.0. The summed E-state index contributed by atoms with van der Waals surface area (Å²) in [5.41, 5.74) is 3.46. The Morgan fingerprint density at radius 2 is 2.17 bits per heavy atom. The molecule has 0 bridgehead atoms. The summed E-state index contributed by atoms with van der Waals surface area (Å²) < 4.78 is 0. The van der Waals surface area contributed by atoms with Crippen LogP contribution in [0.25, 0.3) is 0 Å². The lowest BCUT2D eigenvalue weighted by atomic mass is 9.96. The molecule has 5 heteroatoms. The van der Waals surface area contributed by atoms with Crippen molar-refractivity contribution in [1.82, 2.24) is 20.3 Å². The zero-order valence-corrected chi connectivity index (χ0v) is 14.2. The van der Waals surface area contributed by atoms with Gasteiger partial charge in [-0.15, -0.1) is 0 Å². The van der Waals surface area contributed by atoms with Gasteiger partial charge < -0.3 is 10.2 Å². The molecule has 5 nitrogen and oxygen atoms in total. The topological polar surface area (TPSA) is 53.9 Å². The van der Waals surface area contributed by atoms with Gasteiger partial charge in [0, 0.05) is 31.8 Å². The van der Waals surface area contributed by atoms with Crippen LogP contribution in [-0.4, -0.2) is 35.1 Å². The van der Waals surface area contributed by atoms with Crippen LogP contribution >= 0.6 is 0 Å². The minimum Gasteiger partial charge on any atom is -0.354 e. The lowest BCUT2D eigenvalue weighted by molar-refractivity contribution is 0.453. The third-order valence-electron chi connectivity index (χ3n) is 4.46. The van der Waals surface area contributed by atoms with Crippen molar-refractivity contribution in [3.8, 4) is 0 Å². The van der Waals surface area contributed by atoms with E-state index in [0.29, 0.717) is 5.92 Å². The molecule has 0 amide bonds. The summed E-state index contributed by atoms with van der Waals surface area (Å²) in [5, 5.41) is 3.46. The number of piperidine rings is 1. The van der Waals surface area contributed by atoms with E-state index in [2.05, 4.69) is 51.3 Å². The number of rotatable bonds is 4. The molecular weight excluding hydrogens is 286 g/mol. The molecule has 0 saturated carbocycles. The average molecular weight is 311 g/mol. The predicted molar refractivity (Wildman–Crippen MR) is 92.7 cm³/mol. The Balaban J connectivity index is 1.81. The number of aromatic nitrogens is 3. The van der Waals surface area contributed by atoms with Gasteiger partial charge in [0.2, 0.25) is 0 Å². The fourth-order valence-corrected chi connectivity index (χ4v) is 3.07.